The number of nitrogens with zero attached hydrogens (tertiary/aromatic N) is 1. The Labute approximate surface area is 145 Å². The molecule has 1 aliphatic rings. The fourth-order valence-corrected chi connectivity index (χ4v) is 3.11. The van der Waals surface area contributed by atoms with E-state index in [1.165, 1.54) is 18.0 Å². The van der Waals surface area contributed by atoms with E-state index in [9.17, 15) is 18.0 Å². The van der Waals surface area contributed by atoms with Gasteiger partial charge in [-0.05, 0) is 36.8 Å². The van der Waals surface area contributed by atoms with Crippen LogP contribution in [0.2, 0.25) is 0 Å². The van der Waals surface area contributed by atoms with E-state index in [2.05, 4.69) is 5.32 Å². The average molecular weight is 355 g/mol. The molecule has 0 bridgehead atoms. The van der Waals surface area contributed by atoms with Crippen molar-refractivity contribution in [1.29, 1.82) is 5.41 Å². The molecule has 0 aromatic heterocycles. The van der Waals surface area contributed by atoms with Gasteiger partial charge in [-0.25, -0.2) is 18.0 Å². The van der Waals surface area contributed by atoms with E-state index >= 15 is 0 Å². The van der Waals surface area contributed by atoms with Gasteiger partial charge in [0.05, 0.1) is 0 Å². The Hall–Kier alpha value is -2.05. The number of benzene rings is 1. The second-order valence-corrected chi connectivity index (χ2v) is 6.51. The number of amidine groups is 1. The van der Waals surface area contributed by atoms with Crippen LogP contribution in [0, 0.1) is 17.1 Å². The molecule has 0 radical (unpaired) electrons. The maximum atomic E-state index is 13.8. The van der Waals surface area contributed by atoms with Gasteiger partial charge >= 0.3 is 6.03 Å². The maximum Gasteiger partial charge on any atom is 0.322 e. The number of carbonyl (C=O) groups is 1. The van der Waals surface area contributed by atoms with Crippen LogP contribution in [0.1, 0.15) is 37.7 Å². The summed E-state index contributed by atoms with van der Waals surface area (Å²) >= 11 is 0. The van der Waals surface area contributed by atoms with Gasteiger partial charge in [0.2, 0.25) is 5.92 Å². The predicted molar refractivity (Wildman–Crippen MR) is 90.5 cm³/mol. The third-order valence-corrected chi connectivity index (χ3v) is 4.70. The zero-order chi connectivity index (χ0) is 18.4. The summed E-state index contributed by atoms with van der Waals surface area (Å²) in [5, 5.41) is 10.7. The third kappa shape index (κ3) is 5.47. The Kier molecular flexibility index (Phi) is 6.45. The Bertz CT molecular complexity index is 611. The van der Waals surface area contributed by atoms with E-state index in [0.717, 1.165) is 0 Å². The number of amides is 2. The third-order valence-electron chi connectivity index (χ3n) is 4.70. The van der Waals surface area contributed by atoms with Gasteiger partial charge < -0.3 is 5.32 Å². The highest BCUT2D eigenvalue weighted by molar-refractivity contribution is 5.96. The number of rotatable bonds is 5. The molecule has 0 aliphatic heterocycles. The van der Waals surface area contributed by atoms with E-state index in [1.807, 2.05) is 0 Å². The molecule has 1 aliphatic carbocycles. The lowest BCUT2D eigenvalue weighted by molar-refractivity contribution is -0.0467. The summed E-state index contributed by atoms with van der Waals surface area (Å²) in [4.78, 5) is 13.3. The lowest BCUT2D eigenvalue weighted by atomic mass is 9.84. The van der Waals surface area contributed by atoms with E-state index in [-0.39, 0.29) is 37.6 Å². The topological polar surface area (TPSA) is 56.2 Å². The lowest BCUT2D eigenvalue weighted by Crippen LogP contribution is -2.44. The average Bonchev–Trinajstić information content (AvgIpc) is 2.58. The van der Waals surface area contributed by atoms with Crippen molar-refractivity contribution in [2.45, 2.75) is 44.4 Å². The summed E-state index contributed by atoms with van der Waals surface area (Å²) in [6.07, 6.45) is 1.17. The van der Waals surface area contributed by atoms with Gasteiger partial charge in [0.15, 0.2) is 0 Å². The van der Waals surface area contributed by atoms with E-state index < -0.39 is 17.8 Å². The second kappa shape index (κ2) is 8.36. The monoisotopic (exact) mass is 355 g/mol. The van der Waals surface area contributed by atoms with Crippen LogP contribution in [0.15, 0.2) is 24.3 Å². The zero-order valence-electron chi connectivity index (χ0n) is 14.3. The minimum Gasteiger partial charge on any atom is -0.341 e. The molecule has 1 fully saturated rings. The highest BCUT2D eigenvalue weighted by Crippen LogP contribution is 2.37. The molecule has 1 aromatic carbocycles. The molecule has 4 nitrogen and oxygen atoms in total. The Morgan fingerprint density at radius 2 is 1.96 bits per heavy atom. The first-order chi connectivity index (χ1) is 11.8. The molecule has 7 heteroatoms. The molecule has 2 amide bonds. The number of hydrogen-bond donors (Lipinski definition) is 2. The lowest BCUT2D eigenvalue weighted by Gasteiger charge is -2.30. The van der Waals surface area contributed by atoms with Crippen molar-refractivity contribution in [3.05, 3.63) is 35.6 Å². The van der Waals surface area contributed by atoms with E-state index in [1.54, 1.807) is 18.2 Å². The highest BCUT2D eigenvalue weighted by Gasteiger charge is 2.35. The number of alkyl halides is 2. The van der Waals surface area contributed by atoms with Crippen molar-refractivity contribution in [3.8, 4) is 0 Å². The number of carbonyl (C=O) groups excluding carboxylic acids is 1. The van der Waals surface area contributed by atoms with Crippen molar-refractivity contribution >= 4 is 11.9 Å². The van der Waals surface area contributed by atoms with Crippen LogP contribution in [0.3, 0.4) is 0 Å². The first kappa shape index (κ1) is 19.3. The molecule has 0 spiro atoms. The fourth-order valence-electron chi connectivity index (χ4n) is 3.11. The van der Waals surface area contributed by atoms with E-state index in [0.29, 0.717) is 24.8 Å². The largest absolute Gasteiger partial charge is 0.341 e. The Morgan fingerprint density at radius 1 is 1.32 bits per heavy atom. The normalized spacial score (nSPS) is 17.1. The van der Waals surface area contributed by atoms with Crippen LogP contribution in [-0.2, 0) is 6.42 Å². The molecule has 25 heavy (non-hydrogen) atoms. The summed E-state index contributed by atoms with van der Waals surface area (Å²) in [5.74, 6) is -2.88. The van der Waals surface area contributed by atoms with E-state index in [4.69, 9.17) is 5.41 Å². The maximum absolute atomic E-state index is 13.8. The Balaban J connectivity index is 1.95. The number of halogens is 3. The molecule has 0 heterocycles. The summed E-state index contributed by atoms with van der Waals surface area (Å²) in [5.41, 5.74) is 0.346. The summed E-state index contributed by atoms with van der Waals surface area (Å²) < 4.78 is 40.2. The molecule has 0 atom stereocenters. The van der Waals surface area contributed by atoms with Gasteiger partial charge in [0, 0.05) is 32.9 Å². The van der Waals surface area contributed by atoms with Crippen LogP contribution < -0.4 is 5.32 Å². The highest BCUT2D eigenvalue weighted by atomic mass is 19.3. The number of hydrogen-bond acceptors (Lipinski definition) is 2. The first-order valence-electron chi connectivity index (χ1n) is 8.50. The summed E-state index contributed by atoms with van der Waals surface area (Å²) in [6.45, 7) is 0.267. The van der Waals surface area contributed by atoms with Gasteiger partial charge in [0.25, 0.3) is 0 Å². The molecular formula is C18H24F3N3O. The van der Waals surface area contributed by atoms with Crippen LogP contribution in [0.25, 0.3) is 0 Å². The zero-order valence-corrected chi connectivity index (χ0v) is 14.3. The second-order valence-electron chi connectivity index (χ2n) is 6.51. The first-order valence-corrected chi connectivity index (χ1v) is 8.50. The van der Waals surface area contributed by atoms with Crippen LogP contribution in [0.5, 0.6) is 0 Å². The quantitative estimate of drug-likeness (QED) is 0.603. The molecule has 138 valence electrons. The minimum absolute atomic E-state index is 0.00281. The van der Waals surface area contributed by atoms with Crippen molar-refractivity contribution in [3.63, 3.8) is 0 Å². The van der Waals surface area contributed by atoms with Gasteiger partial charge in [-0.1, -0.05) is 18.2 Å². The number of nitrogens with one attached hydrogen (secondary N) is 2. The number of urea groups is 1. The van der Waals surface area contributed by atoms with Crippen molar-refractivity contribution in [2.75, 3.05) is 13.6 Å². The van der Waals surface area contributed by atoms with Crippen LogP contribution in [-0.4, -0.2) is 36.3 Å². The minimum atomic E-state index is -2.57. The molecule has 2 N–H and O–H groups in total. The molecule has 1 aromatic rings. The van der Waals surface area contributed by atoms with Crippen molar-refractivity contribution in [2.24, 2.45) is 5.92 Å². The molecular weight excluding hydrogens is 331 g/mol. The summed E-state index contributed by atoms with van der Waals surface area (Å²) in [6, 6.07) is 5.70. The van der Waals surface area contributed by atoms with Crippen LogP contribution in [0.4, 0.5) is 18.0 Å². The van der Waals surface area contributed by atoms with Gasteiger partial charge in [-0.15, -0.1) is 0 Å². The van der Waals surface area contributed by atoms with Crippen molar-refractivity contribution in [1.82, 2.24) is 10.2 Å². The van der Waals surface area contributed by atoms with Gasteiger partial charge in [-0.2, -0.15) is 0 Å². The molecule has 0 unspecified atom stereocenters. The fraction of sp³-hybridized carbons (Fsp3) is 0.556. The molecule has 2 rings (SSSR count). The molecule has 1 saturated carbocycles. The standard InChI is InChI=1S/C18H24F3N3O/c1-23-17(25)24(11-8-13-6-9-18(20,21)10-7-13)16(22)12-14-4-2-3-5-15(14)19/h2-5,13,22H,6-12H2,1H3,(H,23,25). The Morgan fingerprint density at radius 3 is 2.56 bits per heavy atom. The van der Waals surface area contributed by atoms with Gasteiger partial charge in [-0.3, -0.25) is 10.3 Å². The molecule has 0 saturated heterocycles. The summed E-state index contributed by atoms with van der Waals surface area (Å²) in [7, 11) is 1.47. The SMILES string of the molecule is CNC(=O)N(CCC1CCC(F)(F)CC1)C(=N)Cc1ccccc1F. The van der Waals surface area contributed by atoms with Crippen molar-refractivity contribution < 1.29 is 18.0 Å². The van der Waals surface area contributed by atoms with Crippen LogP contribution >= 0.6 is 0 Å². The predicted octanol–water partition coefficient (Wildman–Crippen LogP) is 4.20. The van der Waals surface area contributed by atoms with Gasteiger partial charge in [0.1, 0.15) is 11.7 Å². The smallest absolute Gasteiger partial charge is 0.322 e.